The first kappa shape index (κ1) is 17.6. The number of amides is 1. The average molecular weight is 361 g/mol. The van der Waals surface area contributed by atoms with Crippen LogP contribution in [0, 0.1) is 19.8 Å². The van der Waals surface area contributed by atoms with Gasteiger partial charge in [0.2, 0.25) is 5.91 Å². The lowest BCUT2D eigenvalue weighted by Crippen LogP contribution is -2.36. The molecule has 1 N–H and O–H groups in total. The molecule has 0 aliphatic carbocycles. The van der Waals surface area contributed by atoms with Gasteiger partial charge in [-0.1, -0.05) is 6.92 Å². The number of aromatic nitrogens is 3. The van der Waals surface area contributed by atoms with Crippen molar-refractivity contribution in [3.63, 3.8) is 0 Å². The number of hydrogen-bond donors (Lipinski definition) is 1. The Balaban J connectivity index is 1.70. The van der Waals surface area contributed by atoms with E-state index < -0.39 is 0 Å². The Morgan fingerprint density at radius 2 is 2.04 bits per heavy atom. The zero-order chi connectivity index (χ0) is 18.0. The topological polar surface area (TPSA) is 80.1 Å². The number of carbonyl (C=O) groups is 1. The van der Waals surface area contributed by atoms with Crippen LogP contribution in [-0.2, 0) is 11.3 Å². The largest absolute Gasteiger partial charge is 0.355 e. The Morgan fingerprint density at radius 1 is 1.32 bits per heavy atom. The van der Waals surface area contributed by atoms with E-state index in [2.05, 4.69) is 27.2 Å². The van der Waals surface area contributed by atoms with Crippen molar-refractivity contribution in [2.24, 2.45) is 5.92 Å². The average Bonchev–Trinajstić information content (AvgIpc) is 2.88. The Bertz CT molecular complexity index is 801. The molecule has 3 rings (SSSR count). The number of piperidine rings is 1. The third kappa shape index (κ3) is 4.25. The molecule has 1 aliphatic rings. The number of nitrogens with one attached hydrogen (secondary N) is 1. The van der Waals surface area contributed by atoms with Crippen LogP contribution in [0.15, 0.2) is 16.9 Å². The van der Waals surface area contributed by atoms with Crippen molar-refractivity contribution in [1.82, 2.24) is 14.8 Å². The zero-order valence-corrected chi connectivity index (χ0v) is 15.6. The second-order valence-corrected chi connectivity index (χ2v) is 7.77. The summed E-state index contributed by atoms with van der Waals surface area (Å²) in [4.78, 5) is 31.8. The van der Waals surface area contributed by atoms with Gasteiger partial charge < -0.3 is 10.2 Å². The maximum atomic E-state index is 12.2. The highest BCUT2D eigenvalue weighted by Gasteiger charge is 2.18. The molecule has 25 heavy (non-hydrogen) atoms. The highest BCUT2D eigenvalue weighted by atomic mass is 32.1. The van der Waals surface area contributed by atoms with Gasteiger partial charge in [-0.2, -0.15) is 5.10 Å². The number of thiazole rings is 1. The van der Waals surface area contributed by atoms with Gasteiger partial charge in [0.1, 0.15) is 12.4 Å². The normalized spacial score (nSPS) is 15.4. The van der Waals surface area contributed by atoms with E-state index in [4.69, 9.17) is 0 Å². The minimum absolute atomic E-state index is 0.116. The maximum Gasteiger partial charge on any atom is 0.267 e. The molecule has 1 amide bonds. The molecule has 0 unspecified atom stereocenters. The standard InChI is InChI=1S/C17H23N5O2S/c1-11-6-8-21(9-7-11)14-4-5-16(24)22(20-14)10-15(23)19-17-18-12(2)13(3)25-17/h4-5,11H,6-10H2,1-3H3,(H,18,19,23). The Labute approximate surface area is 150 Å². The Kier molecular flexibility index (Phi) is 5.17. The van der Waals surface area contributed by atoms with Gasteiger partial charge >= 0.3 is 0 Å². The highest BCUT2D eigenvalue weighted by Crippen LogP contribution is 2.21. The van der Waals surface area contributed by atoms with E-state index in [9.17, 15) is 9.59 Å². The summed E-state index contributed by atoms with van der Waals surface area (Å²) in [6.07, 6.45) is 2.23. The van der Waals surface area contributed by atoms with Crippen molar-refractivity contribution in [3.8, 4) is 0 Å². The van der Waals surface area contributed by atoms with Crippen LogP contribution in [0.5, 0.6) is 0 Å². The molecule has 3 heterocycles. The van der Waals surface area contributed by atoms with Gasteiger partial charge in [-0.25, -0.2) is 9.67 Å². The Morgan fingerprint density at radius 3 is 2.68 bits per heavy atom. The van der Waals surface area contributed by atoms with Gasteiger partial charge in [0.15, 0.2) is 5.13 Å². The maximum absolute atomic E-state index is 12.2. The van der Waals surface area contributed by atoms with E-state index in [1.165, 1.54) is 22.1 Å². The Hall–Kier alpha value is -2.22. The van der Waals surface area contributed by atoms with Crippen LogP contribution in [0.25, 0.3) is 0 Å². The van der Waals surface area contributed by atoms with Crippen molar-refractivity contribution in [2.45, 2.75) is 40.2 Å². The molecular weight excluding hydrogens is 338 g/mol. The summed E-state index contributed by atoms with van der Waals surface area (Å²) in [5, 5.41) is 7.67. The van der Waals surface area contributed by atoms with E-state index in [0.717, 1.165) is 48.2 Å². The van der Waals surface area contributed by atoms with E-state index >= 15 is 0 Å². The van der Waals surface area contributed by atoms with Gasteiger partial charge in [-0.05, 0) is 38.7 Å². The SMILES string of the molecule is Cc1nc(NC(=O)Cn2nc(N3CCC(C)CC3)ccc2=O)sc1C. The van der Waals surface area contributed by atoms with E-state index in [0.29, 0.717) is 5.13 Å². The van der Waals surface area contributed by atoms with Gasteiger partial charge in [0.25, 0.3) is 5.56 Å². The predicted molar refractivity (Wildman–Crippen MR) is 99.3 cm³/mol. The summed E-state index contributed by atoms with van der Waals surface area (Å²) in [6, 6.07) is 3.21. The van der Waals surface area contributed by atoms with Crippen molar-refractivity contribution in [3.05, 3.63) is 33.1 Å². The first-order chi connectivity index (χ1) is 11.9. The molecule has 0 bridgehead atoms. The number of nitrogens with zero attached hydrogens (tertiary/aromatic N) is 4. The third-order valence-electron chi connectivity index (χ3n) is 4.53. The lowest BCUT2D eigenvalue weighted by Gasteiger charge is -2.31. The molecule has 2 aromatic heterocycles. The molecule has 0 radical (unpaired) electrons. The molecule has 0 saturated carbocycles. The molecule has 134 valence electrons. The van der Waals surface area contributed by atoms with E-state index in [-0.39, 0.29) is 18.0 Å². The van der Waals surface area contributed by atoms with Crippen LogP contribution in [-0.4, -0.2) is 33.8 Å². The van der Waals surface area contributed by atoms with Crippen molar-refractivity contribution < 1.29 is 4.79 Å². The molecule has 2 aromatic rings. The number of carbonyl (C=O) groups excluding carboxylic acids is 1. The lowest BCUT2D eigenvalue weighted by molar-refractivity contribution is -0.117. The fourth-order valence-electron chi connectivity index (χ4n) is 2.78. The summed E-state index contributed by atoms with van der Waals surface area (Å²) >= 11 is 1.42. The first-order valence-corrected chi connectivity index (χ1v) is 9.31. The van der Waals surface area contributed by atoms with Gasteiger partial charge in [-0.3, -0.25) is 9.59 Å². The smallest absolute Gasteiger partial charge is 0.267 e. The molecular formula is C17H23N5O2S. The lowest BCUT2D eigenvalue weighted by atomic mass is 9.99. The third-order valence-corrected chi connectivity index (χ3v) is 5.52. The summed E-state index contributed by atoms with van der Waals surface area (Å²) in [5.41, 5.74) is 0.618. The monoisotopic (exact) mass is 361 g/mol. The van der Waals surface area contributed by atoms with Crippen LogP contribution in [0.1, 0.15) is 30.3 Å². The zero-order valence-electron chi connectivity index (χ0n) is 14.8. The van der Waals surface area contributed by atoms with Gasteiger partial charge in [0.05, 0.1) is 5.69 Å². The first-order valence-electron chi connectivity index (χ1n) is 8.49. The molecule has 1 saturated heterocycles. The van der Waals surface area contributed by atoms with Crippen molar-refractivity contribution >= 4 is 28.2 Å². The van der Waals surface area contributed by atoms with Crippen LogP contribution >= 0.6 is 11.3 Å². The molecule has 0 aromatic carbocycles. The fraction of sp³-hybridized carbons (Fsp3) is 0.529. The molecule has 0 spiro atoms. The minimum atomic E-state index is -0.298. The van der Waals surface area contributed by atoms with Crippen molar-refractivity contribution in [2.75, 3.05) is 23.3 Å². The van der Waals surface area contributed by atoms with Crippen LogP contribution in [0.2, 0.25) is 0 Å². The molecule has 7 nitrogen and oxygen atoms in total. The second-order valence-electron chi connectivity index (χ2n) is 6.57. The molecule has 1 fully saturated rings. The summed E-state index contributed by atoms with van der Waals surface area (Å²) < 4.78 is 1.22. The summed E-state index contributed by atoms with van der Waals surface area (Å²) in [5.74, 6) is 1.17. The number of aryl methyl sites for hydroxylation is 2. The molecule has 1 aliphatic heterocycles. The minimum Gasteiger partial charge on any atom is -0.355 e. The van der Waals surface area contributed by atoms with Crippen LogP contribution < -0.4 is 15.8 Å². The predicted octanol–water partition coefficient (Wildman–Crippen LogP) is 2.19. The number of anilines is 2. The van der Waals surface area contributed by atoms with Crippen LogP contribution in [0.4, 0.5) is 10.9 Å². The highest BCUT2D eigenvalue weighted by molar-refractivity contribution is 7.15. The quantitative estimate of drug-likeness (QED) is 0.903. The fourth-order valence-corrected chi connectivity index (χ4v) is 3.61. The summed E-state index contributed by atoms with van der Waals surface area (Å²) in [7, 11) is 0. The van der Waals surface area contributed by atoms with E-state index in [1.807, 2.05) is 13.8 Å². The number of hydrogen-bond acceptors (Lipinski definition) is 6. The summed E-state index contributed by atoms with van der Waals surface area (Å²) in [6.45, 7) is 7.84. The number of rotatable bonds is 4. The van der Waals surface area contributed by atoms with Crippen LogP contribution in [0.3, 0.4) is 0 Å². The van der Waals surface area contributed by atoms with Gasteiger partial charge in [-0.15, -0.1) is 11.3 Å². The molecule has 8 heteroatoms. The molecule has 0 atom stereocenters. The van der Waals surface area contributed by atoms with Crippen molar-refractivity contribution in [1.29, 1.82) is 0 Å². The van der Waals surface area contributed by atoms with Gasteiger partial charge in [0, 0.05) is 24.0 Å². The van der Waals surface area contributed by atoms with E-state index in [1.54, 1.807) is 6.07 Å². The second kappa shape index (κ2) is 7.35.